The molecule has 0 amide bonds. The van der Waals surface area contributed by atoms with E-state index < -0.39 is 5.97 Å². The SMILES string of the molecule is CC1C=C(c2cccnc2Cl)c2cc(C(=O)O)ccc2O1. The van der Waals surface area contributed by atoms with Gasteiger partial charge in [0, 0.05) is 17.3 Å². The Morgan fingerprint density at radius 2 is 2.14 bits per heavy atom. The molecule has 0 spiro atoms. The predicted molar refractivity (Wildman–Crippen MR) is 79.8 cm³/mol. The van der Waals surface area contributed by atoms with Gasteiger partial charge in [-0.15, -0.1) is 0 Å². The molecule has 2 aromatic rings. The summed E-state index contributed by atoms with van der Waals surface area (Å²) in [6, 6.07) is 8.45. The molecule has 1 N–H and O–H groups in total. The van der Waals surface area contributed by atoms with Gasteiger partial charge in [0.1, 0.15) is 17.0 Å². The molecule has 106 valence electrons. The summed E-state index contributed by atoms with van der Waals surface area (Å²) in [6.45, 7) is 1.92. The van der Waals surface area contributed by atoms with Gasteiger partial charge in [-0.3, -0.25) is 0 Å². The lowest BCUT2D eigenvalue weighted by Crippen LogP contribution is -2.16. The van der Waals surface area contributed by atoms with Crippen LogP contribution in [0.2, 0.25) is 5.15 Å². The lowest BCUT2D eigenvalue weighted by atomic mass is 9.93. The molecule has 1 atom stereocenters. The number of fused-ring (bicyclic) bond motifs is 1. The molecule has 1 aliphatic rings. The van der Waals surface area contributed by atoms with Crippen LogP contribution in [0.5, 0.6) is 5.75 Å². The van der Waals surface area contributed by atoms with Crippen LogP contribution in [0, 0.1) is 0 Å². The summed E-state index contributed by atoms with van der Waals surface area (Å²) in [5.41, 5.74) is 2.52. The van der Waals surface area contributed by atoms with Crippen LogP contribution in [0.1, 0.15) is 28.4 Å². The third-order valence-corrected chi connectivity index (χ3v) is 3.58. The second-order valence-corrected chi connectivity index (χ2v) is 5.12. The van der Waals surface area contributed by atoms with Gasteiger partial charge in [-0.1, -0.05) is 11.6 Å². The van der Waals surface area contributed by atoms with Crippen molar-refractivity contribution in [3.8, 4) is 5.75 Å². The predicted octanol–water partition coefficient (Wildman–Crippen LogP) is 3.65. The van der Waals surface area contributed by atoms with E-state index in [1.54, 1.807) is 24.4 Å². The lowest BCUT2D eigenvalue weighted by molar-refractivity contribution is 0.0697. The largest absolute Gasteiger partial charge is 0.486 e. The van der Waals surface area contributed by atoms with Gasteiger partial charge in [0.2, 0.25) is 0 Å². The van der Waals surface area contributed by atoms with Crippen LogP contribution in [-0.4, -0.2) is 22.2 Å². The first-order valence-corrected chi connectivity index (χ1v) is 6.81. The number of carbonyl (C=O) groups is 1. The Kier molecular flexibility index (Phi) is 3.39. The maximum Gasteiger partial charge on any atom is 0.335 e. The van der Waals surface area contributed by atoms with Gasteiger partial charge in [-0.25, -0.2) is 9.78 Å². The first-order valence-electron chi connectivity index (χ1n) is 6.43. The maximum absolute atomic E-state index is 11.2. The van der Waals surface area contributed by atoms with Gasteiger partial charge in [-0.05, 0) is 48.9 Å². The van der Waals surface area contributed by atoms with Crippen molar-refractivity contribution in [2.75, 3.05) is 0 Å². The topological polar surface area (TPSA) is 59.4 Å². The third-order valence-electron chi connectivity index (χ3n) is 3.28. The van der Waals surface area contributed by atoms with E-state index in [0.717, 1.165) is 11.1 Å². The Hall–Kier alpha value is -2.33. The van der Waals surface area contributed by atoms with Crippen LogP contribution in [0.4, 0.5) is 0 Å². The van der Waals surface area contributed by atoms with E-state index in [-0.39, 0.29) is 11.7 Å². The van der Waals surface area contributed by atoms with E-state index in [2.05, 4.69) is 4.98 Å². The fraction of sp³-hybridized carbons (Fsp3) is 0.125. The number of ether oxygens (including phenoxy) is 1. The van der Waals surface area contributed by atoms with Gasteiger partial charge < -0.3 is 9.84 Å². The van der Waals surface area contributed by atoms with Crippen LogP contribution in [-0.2, 0) is 0 Å². The molecule has 0 aliphatic carbocycles. The average molecular weight is 302 g/mol. The molecular formula is C16H12ClNO3. The normalized spacial score (nSPS) is 16.7. The minimum Gasteiger partial charge on any atom is -0.486 e. The zero-order valence-corrected chi connectivity index (χ0v) is 12.0. The zero-order chi connectivity index (χ0) is 15.0. The number of nitrogens with zero attached hydrogens (tertiary/aromatic N) is 1. The second-order valence-electron chi connectivity index (χ2n) is 4.76. The Morgan fingerprint density at radius 3 is 2.86 bits per heavy atom. The summed E-state index contributed by atoms with van der Waals surface area (Å²) in [5.74, 6) is -0.335. The van der Waals surface area contributed by atoms with Crippen LogP contribution in [0.15, 0.2) is 42.6 Å². The van der Waals surface area contributed by atoms with E-state index in [1.165, 1.54) is 6.07 Å². The molecule has 1 aromatic carbocycles. The van der Waals surface area contributed by atoms with Gasteiger partial charge in [-0.2, -0.15) is 0 Å². The summed E-state index contributed by atoms with van der Waals surface area (Å²) < 4.78 is 5.73. The van der Waals surface area contributed by atoms with Crippen LogP contribution in [0.25, 0.3) is 5.57 Å². The van der Waals surface area contributed by atoms with Crippen molar-refractivity contribution in [2.45, 2.75) is 13.0 Å². The smallest absolute Gasteiger partial charge is 0.335 e. The summed E-state index contributed by atoms with van der Waals surface area (Å²) >= 11 is 6.17. The fourth-order valence-corrected chi connectivity index (χ4v) is 2.58. The summed E-state index contributed by atoms with van der Waals surface area (Å²) in [7, 11) is 0. The lowest BCUT2D eigenvalue weighted by Gasteiger charge is -2.24. The van der Waals surface area contributed by atoms with Crippen LogP contribution < -0.4 is 4.74 Å². The van der Waals surface area contributed by atoms with Crippen LogP contribution >= 0.6 is 11.6 Å². The number of aromatic nitrogens is 1. The Labute approximate surface area is 126 Å². The van der Waals surface area contributed by atoms with Crippen molar-refractivity contribution in [1.82, 2.24) is 4.98 Å². The van der Waals surface area contributed by atoms with Crippen molar-refractivity contribution in [1.29, 1.82) is 0 Å². The molecule has 4 nitrogen and oxygen atoms in total. The highest BCUT2D eigenvalue weighted by Gasteiger charge is 2.22. The van der Waals surface area contributed by atoms with Gasteiger partial charge in [0.05, 0.1) is 5.56 Å². The Balaban J connectivity index is 2.20. The number of hydrogen-bond donors (Lipinski definition) is 1. The van der Waals surface area contributed by atoms with E-state index in [0.29, 0.717) is 16.5 Å². The fourth-order valence-electron chi connectivity index (χ4n) is 2.36. The van der Waals surface area contributed by atoms with Crippen molar-refractivity contribution >= 4 is 23.1 Å². The summed E-state index contributed by atoms with van der Waals surface area (Å²) in [4.78, 5) is 15.2. The molecule has 1 aromatic heterocycles. The Morgan fingerprint density at radius 1 is 1.33 bits per heavy atom. The zero-order valence-electron chi connectivity index (χ0n) is 11.2. The molecule has 1 unspecified atom stereocenters. The van der Waals surface area contributed by atoms with E-state index in [9.17, 15) is 4.79 Å². The molecule has 2 heterocycles. The van der Waals surface area contributed by atoms with Gasteiger partial charge >= 0.3 is 5.97 Å². The summed E-state index contributed by atoms with van der Waals surface area (Å²) in [5, 5.41) is 9.53. The number of rotatable bonds is 2. The average Bonchev–Trinajstić information content (AvgIpc) is 2.46. The highest BCUT2D eigenvalue weighted by Crippen LogP contribution is 2.38. The molecule has 21 heavy (non-hydrogen) atoms. The molecule has 1 aliphatic heterocycles. The molecule has 0 radical (unpaired) electrons. The first kappa shape index (κ1) is 13.6. The monoisotopic (exact) mass is 301 g/mol. The highest BCUT2D eigenvalue weighted by atomic mass is 35.5. The number of carboxylic acids is 1. The number of halogens is 1. The van der Waals surface area contributed by atoms with Crippen molar-refractivity contribution in [3.63, 3.8) is 0 Å². The minimum atomic E-state index is -0.979. The number of hydrogen-bond acceptors (Lipinski definition) is 3. The maximum atomic E-state index is 11.2. The first-order chi connectivity index (χ1) is 10.1. The van der Waals surface area contributed by atoms with Crippen molar-refractivity contribution < 1.29 is 14.6 Å². The van der Waals surface area contributed by atoms with Crippen molar-refractivity contribution in [2.24, 2.45) is 0 Å². The molecule has 3 rings (SSSR count). The van der Waals surface area contributed by atoms with E-state index in [1.807, 2.05) is 19.1 Å². The third kappa shape index (κ3) is 2.50. The van der Waals surface area contributed by atoms with E-state index in [4.69, 9.17) is 21.4 Å². The minimum absolute atomic E-state index is 0.126. The molecule has 0 saturated heterocycles. The molecular weight excluding hydrogens is 290 g/mol. The van der Waals surface area contributed by atoms with E-state index >= 15 is 0 Å². The van der Waals surface area contributed by atoms with Crippen LogP contribution in [0.3, 0.4) is 0 Å². The van der Waals surface area contributed by atoms with Gasteiger partial charge in [0.25, 0.3) is 0 Å². The molecule has 5 heteroatoms. The number of aromatic carboxylic acids is 1. The highest BCUT2D eigenvalue weighted by molar-refractivity contribution is 6.31. The number of carboxylic acid groups (broad SMARTS) is 1. The van der Waals surface area contributed by atoms with Crippen molar-refractivity contribution in [3.05, 3.63) is 64.4 Å². The molecule has 0 bridgehead atoms. The second kappa shape index (κ2) is 5.22. The summed E-state index contributed by atoms with van der Waals surface area (Å²) in [6.07, 6.45) is 3.40. The molecule has 0 fully saturated rings. The molecule has 0 saturated carbocycles. The number of benzene rings is 1. The quantitative estimate of drug-likeness (QED) is 0.860. The van der Waals surface area contributed by atoms with Gasteiger partial charge in [0.15, 0.2) is 0 Å². The Bertz CT molecular complexity index is 755. The number of pyridine rings is 1. The standard InChI is InChI=1S/C16H12ClNO3/c1-9-7-12(11-3-2-6-18-15(11)17)13-8-10(16(19)20)4-5-14(13)21-9/h2-9H,1H3,(H,19,20).